The highest BCUT2D eigenvalue weighted by Crippen LogP contribution is 2.13. The number of carbonyl (C=O) groups excluding carboxylic acids is 2. The van der Waals surface area contributed by atoms with E-state index in [1.54, 1.807) is 35.6 Å². The molecule has 29 heavy (non-hydrogen) atoms. The third kappa shape index (κ3) is 5.60. The molecule has 2 aromatic carbocycles. The lowest BCUT2D eigenvalue weighted by Crippen LogP contribution is -2.24. The van der Waals surface area contributed by atoms with Gasteiger partial charge in [0.05, 0.1) is 11.4 Å². The van der Waals surface area contributed by atoms with Crippen molar-refractivity contribution >= 4 is 33.1 Å². The Morgan fingerprint density at radius 3 is 2.14 bits per heavy atom. The van der Waals surface area contributed by atoms with Gasteiger partial charge in [-0.2, -0.15) is 0 Å². The zero-order chi connectivity index (χ0) is 20.9. The van der Waals surface area contributed by atoms with Gasteiger partial charge in [0.2, 0.25) is 10.0 Å². The molecule has 8 heteroatoms. The Labute approximate surface area is 173 Å². The number of carbonyl (C=O) groups is 2. The Kier molecular flexibility index (Phi) is 6.58. The Hall–Kier alpha value is -2.81. The van der Waals surface area contributed by atoms with Crippen LogP contribution in [0.2, 0.25) is 0 Å². The van der Waals surface area contributed by atoms with Crippen LogP contribution in [0.15, 0.2) is 70.9 Å². The number of ketones is 1. The molecule has 1 aromatic heterocycles. The molecule has 150 valence electrons. The van der Waals surface area contributed by atoms with Gasteiger partial charge in [-0.15, -0.1) is 11.3 Å². The number of rotatable bonds is 8. The average molecular weight is 429 g/mol. The van der Waals surface area contributed by atoms with Crippen molar-refractivity contribution in [2.75, 3.05) is 0 Å². The van der Waals surface area contributed by atoms with Crippen molar-refractivity contribution in [2.45, 2.75) is 24.9 Å². The molecule has 0 saturated heterocycles. The lowest BCUT2D eigenvalue weighted by Gasteiger charge is -2.08. The van der Waals surface area contributed by atoms with Crippen molar-refractivity contribution in [3.05, 3.63) is 87.6 Å². The van der Waals surface area contributed by atoms with Crippen LogP contribution in [0.1, 0.15) is 38.1 Å². The number of hydrogen-bond donors (Lipinski definition) is 2. The number of Topliss-reactive ketones (excluding diaryl/α,β-unsaturated/α-hetero) is 1. The second-order valence-corrected chi connectivity index (χ2v) is 9.16. The third-order valence-corrected chi connectivity index (χ3v) is 6.55. The van der Waals surface area contributed by atoms with Crippen LogP contribution < -0.4 is 10.0 Å². The van der Waals surface area contributed by atoms with Crippen LogP contribution >= 0.6 is 11.3 Å². The zero-order valence-electron chi connectivity index (χ0n) is 15.7. The standard InChI is InChI=1S/C21H20N2O4S2/c1-15(24)17-8-10-20(11-9-17)29(26,27)23-13-16-4-6-18(7-5-16)21(25)22-14-19-3-2-12-28-19/h2-12,23H,13-14H2,1H3,(H,22,25). The van der Waals surface area contributed by atoms with E-state index in [9.17, 15) is 18.0 Å². The van der Waals surface area contributed by atoms with E-state index >= 15 is 0 Å². The summed E-state index contributed by atoms with van der Waals surface area (Å²) in [6, 6.07) is 16.4. The Balaban J connectivity index is 1.57. The second kappa shape index (κ2) is 9.13. The molecule has 2 N–H and O–H groups in total. The molecule has 0 aliphatic rings. The molecular formula is C21H20N2O4S2. The van der Waals surface area contributed by atoms with Gasteiger partial charge in [-0.05, 0) is 48.2 Å². The summed E-state index contributed by atoms with van der Waals surface area (Å²) in [5, 5.41) is 4.80. The normalized spacial score (nSPS) is 11.2. The van der Waals surface area contributed by atoms with Crippen molar-refractivity contribution < 1.29 is 18.0 Å². The molecule has 0 spiro atoms. The number of hydrogen-bond acceptors (Lipinski definition) is 5. The first-order valence-corrected chi connectivity index (χ1v) is 11.2. The van der Waals surface area contributed by atoms with Crippen molar-refractivity contribution in [1.29, 1.82) is 0 Å². The summed E-state index contributed by atoms with van der Waals surface area (Å²) in [5.74, 6) is -0.308. The Morgan fingerprint density at radius 2 is 1.55 bits per heavy atom. The summed E-state index contributed by atoms with van der Waals surface area (Å²) < 4.78 is 27.3. The quantitative estimate of drug-likeness (QED) is 0.538. The monoisotopic (exact) mass is 428 g/mol. The largest absolute Gasteiger partial charge is 0.347 e. The summed E-state index contributed by atoms with van der Waals surface area (Å²) in [6.07, 6.45) is 0. The molecule has 0 aliphatic carbocycles. The van der Waals surface area contributed by atoms with Crippen LogP contribution in [0.5, 0.6) is 0 Å². The first kappa shape index (κ1) is 20.9. The van der Waals surface area contributed by atoms with E-state index in [2.05, 4.69) is 10.0 Å². The number of sulfonamides is 1. The summed E-state index contributed by atoms with van der Waals surface area (Å²) >= 11 is 1.58. The van der Waals surface area contributed by atoms with E-state index in [1.807, 2.05) is 17.5 Å². The highest BCUT2D eigenvalue weighted by atomic mass is 32.2. The van der Waals surface area contributed by atoms with Crippen LogP contribution in [-0.4, -0.2) is 20.1 Å². The predicted molar refractivity (Wildman–Crippen MR) is 112 cm³/mol. The molecule has 0 bridgehead atoms. The first-order valence-electron chi connectivity index (χ1n) is 8.85. The summed E-state index contributed by atoms with van der Waals surface area (Å²) in [5.41, 5.74) is 1.69. The van der Waals surface area contributed by atoms with Crippen LogP contribution in [0.25, 0.3) is 0 Å². The Morgan fingerprint density at radius 1 is 0.897 bits per heavy atom. The van der Waals surface area contributed by atoms with Crippen molar-refractivity contribution in [3.8, 4) is 0 Å². The number of thiophene rings is 1. The van der Waals surface area contributed by atoms with Crippen molar-refractivity contribution in [3.63, 3.8) is 0 Å². The molecule has 6 nitrogen and oxygen atoms in total. The van der Waals surface area contributed by atoms with Crippen LogP contribution in [-0.2, 0) is 23.1 Å². The molecular weight excluding hydrogens is 408 g/mol. The third-order valence-electron chi connectivity index (χ3n) is 4.26. The van der Waals surface area contributed by atoms with E-state index < -0.39 is 10.0 Å². The molecule has 0 unspecified atom stereocenters. The smallest absolute Gasteiger partial charge is 0.251 e. The minimum atomic E-state index is -3.70. The maximum absolute atomic E-state index is 12.4. The topological polar surface area (TPSA) is 92.3 Å². The van der Waals surface area contributed by atoms with Gasteiger partial charge in [0.1, 0.15) is 0 Å². The summed E-state index contributed by atoms with van der Waals surface area (Å²) in [6.45, 7) is 1.99. The number of nitrogens with one attached hydrogen (secondary N) is 2. The second-order valence-electron chi connectivity index (χ2n) is 6.36. The van der Waals surface area contributed by atoms with E-state index in [1.165, 1.54) is 31.2 Å². The maximum atomic E-state index is 12.4. The summed E-state index contributed by atoms with van der Waals surface area (Å²) in [7, 11) is -3.70. The lowest BCUT2D eigenvalue weighted by atomic mass is 10.1. The van der Waals surface area contributed by atoms with Crippen LogP contribution in [0.3, 0.4) is 0 Å². The maximum Gasteiger partial charge on any atom is 0.251 e. The van der Waals surface area contributed by atoms with Gasteiger partial charge in [0.15, 0.2) is 5.78 Å². The number of amides is 1. The van der Waals surface area contributed by atoms with E-state index in [-0.39, 0.29) is 23.1 Å². The molecule has 0 fully saturated rings. The molecule has 1 heterocycles. The van der Waals surface area contributed by atoms with Gasteiger partial charge in [-0.3, -0.25) is 9.59 Å². The molecule has 0 radical (unpaired) electrons. The van der Waals surface area contributed by atoms with E-state index in [0.717, 1.165) is 10.4 Å². The van der Waals surface area contributed by atoms with Gasteiger partial charge >= 0.3 is 0 Å². The molecule has 0 aliphatic heterocycles. The molecule has 3 rings (SSSR count). The minimum Gasteiger partial charge on any atom is -0.347 e. The summed E-state index contributed by atoms with van der Waals surface area (Å²) in [4.78, 5) is 24.6. The Bertz CT molecular complexity index is 1090. The van der Waals surface area contributed by atoms with E-state index in [0.29, 0.717) is 17.7 Å². The molecule has 3 aromatic rings. The SMILES string of the molecule is CC(=O)c1ccc(S(=O)(=O)NCc2ccc(C(=O)NCc3cccs3)cc2)cc1. The van der Waals surface area contributed by atoms with Gasteiger partial charge in [-0.1, -0.05) is 30.3 Å². The minimum absolute atomic E-state index is 0.0899. The fourth-order valence-electron chi connectivity index (χ4n) is 2.59. The first-order chi connectivity index (χ1) is 13.8. The van der Waals surface area contributed by atoms with Gasteiger partial charge in [0, 0.05) is 22.5 Å². The van der Waals surface area contributed by atoms with Crippen LogP contribution in [0.4, 0.5) is 0 Å². The molecule has 0 saturated carbocycles. The predicted octanol–water partition coefficient (Wildman–Crippen LogP) is 3.36. The van der Waals surface area contributed by atoms with Crippen LogP contribution in [0, 0.1) is 0 Å². The average Bonchev–Trinajstić information content (AvgIpc) is 3.25. The molecule has 1 amide bonds. The fraction of sp³-hybridized carbons (Fsp3) is 0.143. The fourth-order valence-corrected chi connectivity index (χ4v) is 4.25. The zero-order valence-corrected chi connectivity index (χ0v) is 17.3. The highest BCUT2D eigenvalue weighted by Gasteiger charge is 2.14. The highest BCUT2D eigenvalue weighted by molar-refractivity contribution is 7.89. The van der Waals surface area contributed by atoms with Gasteiger partial charge < -0.3 is 5.32 Å². The van der Waals surface area contributed by atoms with Crippen molar-refractivity contribution in [1.82, 2.24) is 10.0 Å². The lowest BCUT2D eigenvalue weighted by molar-refractivity contribution is 0.0950. The number of benzene rings is 2. The van der Waals surface area contributed by atoms with E-state index in [4.69, 9.17) is 0 Å². The van der Waals surface area contributed by atoms with Gasteiger partial charge in [-0.25, -0.2) is 13.1 Å². The van der Waals surface area contributed by atoms with Gasteiger partial charge in [0.25, 0.3) is 5.91 Å². The molecule has 0 atom stereocenters. The van der Waals surface area contributed by atoms with Crippen molar-refractivity contribution in [2.24, 2.45) is 0 Å².